The number of amides is 2. The van der Waals surface area contributed by atoms with E-state index in [9.17, 15) is 9.59 Å². The molecule has 1 heterocycles. The fourth-order valence-corrected chi connectivity index (χ4v) is 5.64. The highest BCUT2D eigenvalue weighted by molar-refractivity contribution is 6.53. The molecule has 3 aromatic carbocycles. The van der Waals surface area contributed by atoms with E-state index in [1.165, 1.54) is 12.1 Å². The van der Waals surface area contributed by atoms with E-state index >= 15 is 0 Å². The fourth-order valence-electron chi connectivity index (χ4n) is 4.07. The number of benzene rings is 3. The lowest BCUT2D eigenvalue weighted by atomic mass is 10.1. The molecule has 1 aromatic heterocycles. The van der Waals surface area contributed by atoms with Crippen molar-refractivity contribution in [1.82, 2.24) is 14.8 Å². The first-order valence-electron chi connectivity index (χ1n) is 10.8. The second-order valence-corrected chi connectivity index (χ2v) is 11.1. The highest BCUT2D eigenvalue weighted by atomic mass is 35.5. The molecule has 12 heteroatoms. The van der Waals surface area contributed by atoms with Crippen LogP contribution in [-0.2, 0) is 4.79 Å². The quantitative estimate of drug-likeness (QED) is 0.235. The normalized spacial score (nSPS) is 17.8. The molecule has 1 aliphatic rings. The first kappa shape index (κ1) is 25.8. The summed E-state index contributed by atoms with van der Waals surface area (Å²) in [6.07, 6.45) is 3.14. The number of nitrogens with one attached hydrogen (secondary N) is 2. The Bertz CT molecular complexity index is 1470. The molecular formula is C25H16Cl5N5O2. The second-order valence-electron chi connectivity index (χ2n) is 8.39. The summed E-state index contributed by atoms with van der Waals surface area (Å²) in [5, 5.41) is 14.2. The number of nitrogens with zero attached hydrogens (tertiary/aromatic N) is 3. The number of hydrogen-bond acceptors (Lipinski definition) is 4. The van der Waals surface area contributed by atoms with Gasteiger partial charge in [-0.25, -0.2) is 0 Å². The summed E-state index contributed by atoms with van der Waals surface area (Å²) >= 11 is 31.4. The van der Waals surface area contributed by atoms with Gasteiger partial charge in [-0.1, -0.05) is 34.8 Å². The first-order valence-corrected chi connectivity index (χ1v) is 12.7. The summed E-state index contributed by atoms with van der Waals surface area (Å²) in [5.41, 5.74) is 2.59. The standard InChI is InChI=1S/C25H16Cl5N5O2/c26-14-7-13(8-15(27)9-14)21-22(25(21,29)30)24(37)34-17-3-6-20(28)19(10-17)23(36)33-16-1-4-18(5-2-16)35-11-31-32-12-35/h1-12,21-22H,(H,33,36)(H,34,37)/t21-,22+/m0/s1. The topological polar surface area (TPSA) is 88.9 Å². The molecule has 1 aliphatic carbocycles. The molecule has 0 saturated heterocycles. The third kappa shape index (κ3) is 5.42. The van der Waals surface area contributed by atoms with Crippen LogP contribution in [0.1, 0.15) is 21.8 Å². The van der Waals surface area contributed by atoms with Crippen LogP contribution >= 0.6 is 58.0 Å². The van der Waals surface area contributed by atoms with Crippen molar-refractivity contribution in [3.63, 3.8) is 0 Å². The van der Waals surface area contributed by atoms with Crippen LogP contribution in [0.4, 0.5) is 11.4 Å². The third-order valence-corrected chi connectivity index (χ3v) is 7.61. The van der Waals surface area contributed by atoms with Crippen LogP contribution in [0.25, 0.3) is 5.69 Å². The van der Waals surface area contributed by atoms with E-state index in [0.29, 0.717) is 27.0 Å². The molecule has 37 heavy (non-hydrogen) atoms. The highest BCUT2D eigenvalue weighted by Gasteiger charge is 2.67. The number of alkyl halides is 2. The molecule has 0 bridgehead atoms. The molecule has 0 radical (unpaired) electrons. The van der Waals surface area contributed by atoms with Crippen molar-refractivity contribution in [1.29, 1.82) is 0 Å². The summed E-state index contributed by atoms with van der Waals surface area (Å²) in [4.78, 5) is 26.0. The van der Waals surface area contributed by atoms with Crippen molar-refractivity contribution in [2.45, 2.75) is 10.3 Å². The Morgan fingerprint density at radius 1 is 0.811 bits per heavy atom. The van der Waals surface area contributed by atoms with Gasteiger partial charge < -0.3 is 10.6 Å². The van der Waals surface area contributed by atoms with Gasteiger partial charge in [-0.2, -0.15) is 0 Å². The highest BCUT2D eigenvalue weighted by Crippen LogP contribution is 2.65. The number of halogens is 5. The lowest BCUT2D eigenvalue weighted by Gasteiger charge is -2.11. The third-order valence-electron chi connectivity index (χ3n) is 5.90. The average Bonchev–Trinajstić information content (AvgIpc) is 3.16. The lowest BCUT2D eigenvalue weighted by molar-refractivity contribution is -0.117. The molecule has 1 fully saturated rings. The predicted molar refractivity (Wildman–Crippen MR) is 147 cm³/mol. The molecule has 0 unspecified atom stereocenters. The molecule has 2 amide bonds. The molecule has 0 aliphatic heterocycles. The lowest BCUT2D eigenvalue weighted by Crippen LogP contribution is -2.18. The van der Waals surface area contributed by atoms with Gasteiger partial charge in [0.2, 0.25) is 5.91 Å². The molecule has 5 rings (SSSR count). The van der Waals surface area contributed by atoms with Crippen molar-refractivity contribution in [3.8, 4) is 5.69 Å². The van der Waals surface area contributed by atoms with Crippen molar-refractivity contribution in [3.05, 3.63) is 99.5 Å². The Morgan fingerprint density at radius 3 is 2.08 bits per heavy atom. The molecule has 1 saturated carbocycles. The van der Waals surface area contributed by atoms with Gasteiger partial charge in [0.1, 0.15) is 17.0 Å². The predicted octanol–water partition coefficient (Wildman–Crippen LogP) is 7.01. The van der Waals surface area contributed by atoms with Gasteiger partial charge in [-0.15, -0.1) is 33.4 Å². The smallest absolute Gasteiger partial charge is 0.257 e. The maximum atomic E-state index is 13.0. The van der Waals surface area contributed by atoms with E-state index in [-0.39, 0.29) is 10.6 Å². The molecule has 188 valence electrons. The number of carbonyl (C=O) groups excluding carboxylic acids is 2. The van der Waals surface area contributed by atoms with E-state index in [4.69, 9.17) is 58.0 Å². The van der Waals surface area contributed by atoms with Gasteiger partial charge >= 0.3 is 0 Å². The summed E-state index contributed by atoms with van der Waals surface area (Å²) in [7, 11) is 0. The number of carbonyl (C=O) groups is 2. The number of hydrogen-bond donors (Lipinski definition) is 2. The monoisotopic (exact) mass is 593 g/mol. The van der Waals surface area contributed by atoms with Gasteiger partial charge in [-0.05, 0) is 66.2 Å². The van der Waals surface area contributed by atoms with Crippen LogP contribution < -0.4 is 10.6 Å². The molecule has 0 spiro atoms. The largest absolute Gasteiger partial charge is 0.326 e. The zero-order valence-corrected chi connectivity index (χ0v) is 22.4. The molecule has 2 N–H and O–H groups in total. The van der Waals surface area contributed by atoms with Gasteiger partial charge in [0, 0.05) is 33.0 Å². The van der Waals surface area contributed by atoms with Gasteiger partial charge in [0.05, 0.1) is 16.5 Å². The van der Waals surface area contributed by atoms with Crippen molar-refractivity contribution in [2.75, 3.05) is 10.6 Å². The van der Waals surface area contributed by atoms with Crippen molar-refractivity contribution in [2.24, 2.45) is 5.92 Å². The maximum absolute atomic E-state index is 13.0. The van der Waals surface area contributed by atoms with Gasteiger partial charge in [-0.3, -0.25) is 14.2 Å². The van der Waals surface area contributed by atoms with E-state index in [2.05, 4.69) is 20.8 Å². The zero-order chi connectivity index (χ0) is 26.3. The van der Waals surface area contributed by atoms with Crippen LogP contribution in [0, 0.1) is 5.92 Å². The molecule has 2 atom stereocenters. The molecule has 7 nitrogen and oxygen atoms in total. The summed E-state index contributed by atoms with van der Waals surface area (Å²) in [6.45, 7) is 0. The zero-order valence-electron chi connectivity index (χ0n) is 18.6. The number of anilines is 2. The van der Waals surface area contributed by atoms with Crippen LogP contribution in [0.15, 0.2) is 73.3 Å². The van der Waals surface area contributed by atoms with Crippen molar-refractivity contribution >= 4 is 81.2 Å². The Kier molecular flexibility index (Phi) is 7.09. The minimum absolute atomic E-state index is 0.180. The van der Waals surface area contributed by atoms with Crippen LogP contribution in [-0.4, -0.2) is 30.9 Å². The summed E-state index contributed by atoms with van der Waals surface area (Å²) in [6, 6.07) is 16.6. The Morgan fingerprint density at radius 2 is 1.43 bits per heavy atom. The minimum atomic E-state index is -1.33. The summed E-state index contributed by atoms with van der Waals surface area (Å²) in [5.74, 6) is -2.10. The maximum Gasteiger partial charge on any atom is 0.257 e. The Labute approximate surface area is 236 Å². The number of rotatable bonds is 6. The minimum Gasteiger partial charge on any atom is -0.326 e. The Hall–Kier alpha value is -2.81. The van der Waals surface area contributed by atoms with Gasteiger partial charge in [0.25, 0.3) is 5.91 Å². The van der Waals surface area contributed by atoms with E-state index < -0.39 is 28.0 Å². The first-order chi connectivity index (χ1) is 17.6. The van der Waals surface area contributed by atoms with Crippen LogP contribution in [0.3, 0.4) is 0 Å². The number of aromatic nitrogens is 3. The molecule has 4 aromatic rings. The second kappa shape index (κ2) is 10.2. The Balaban J connectivity index is 1.29. The van der Waals surface area contributed by atoms with E-state index in [0.717, 1.165) is 5.69 Å². The summed E-state index contributed by atoms with van der Waals surface area (Å²) < 4.78 is 0.403. The average molecular weight is 596 g/mol. The van der Waals surface area contributed by atoms with Crippen molar-refractivity contribution < 1.29 is 9.59 Å². The fraction of sp³-hybridized carbons (Fsp3) is 0.120. The molecular weight excluding hydrogens is 580 g/mol. The SMILES string of the molecule is O=C(Nc1ccc(-n2cnnc2)cc1)c1cc(NC(=O)[C@H]2[C@H](c3cc(Cl)cc(Cl)c3)C2(Cl)Cl)ccc1Cl. The van der Waals surface area contributed by atoms with Crippen LogP contribution in [0.2, 0.25) is 15.1 Å². The van der Waals surface area contributed by atoms with Crippen LogP contribution in [0.5, 0.6) is 0 Å². The van der Waals surface area contributed by atoms with E-state index in [1.54, 1.807) is 65.8 Å². The van der Waals surface area contributed by atoms with E-state index in [1.807, 2.05) is 0 Å². The van der Waals surface area contributed by atoms with Gasteiger partial charge in [0.15, 0.2) is 0 Å².